The third-order valence-electron chi connectivity index (χ3n) is 21.1. The molecule has 2 aromatic rings. The van der Waals surface area contributed by atoms with Crippen LogP contribution in [0.3, 0.4) is 0 Å². The monoisotopic (exact) mass is 1390 g/mol. The molecule has 0 N–H and O–H groups in total. The van der Waals surface area contributed by atoms with Crippen LogP contribution in [0.4, 0.5) is 0 Å². The minimum Gasteiger partial charge on any atom is -0.493 e. The van der Waals surface area contributed by atoms with Crippen LogP contribution in [0.5, 0.6) is 0 Å². The third kappa shape index (κ3) is 53.5. The number of aryl methyl sites for hydroxylation is 4. The van der Waals surface area contributed by atoms with Crippen LogP contribution < -0.4 is 0 Å². The van der Waals surface area contributed by atoms with Crippen molar-refractivity contribution in [3.63, 3.8) is 0 Å². The van der Waals surface area contributed by atoms with Gasteiger partial charge in [-0.2, -0.15) is 12.8 Å². The fourth-order valence-electron chi connectivity index (χ4n) is 14.8. The van der Waals surface area contributed by atoms with Crippen LogP contribution in [-0.4, -0.2) is 4.70 Å². The molecule has 0 atom stereocenters. The molecule has 1 heterocycles. The summed E-state index contributed by atoms with van der Waals surface area (Å²) in [4.78, 5) is 0. The second-order valence-electron chi connectivity index (χ2n) is 30.6. The second kappa shape index (κ2) is 73.8. The normalized spacial score (nSPS) is 12.2. The van der Waals surface area contributed by atoms with E-state index >= 15 is 0 Å². The van der Waals surface area contributed by atoms with Crippen LogP contribution in [0.2, 0.25) is 0 Å². The zero-order valence-corrected chi connectivity index (χ0v) is 68.2. The maximum Gasteiger partial charge on any atom is 2.00 e. The number of hydrogen-bond acceptors (Lipinski definition) is 0. The van der Waals surface area contributed by atoms with Gasteiger partial charge in [0, 0.05) is 22.3 Å². The topological polar surface area (TPSA) is 25.3 Å². The first-order valence-electron chi connectivity index (χ1n) is 44.1. The van der Waals surface area contributed by atoms with Crippen molar-refractivity contribution in [1.29, 1.82) is 0 Å². The van der Waals surface area contributed by atoms with Gasteiger partial charge in [0.2, 0.25) is 11.4 Å². The van der Waals surface area contributed by atoms with E-state index in [1.165, 1.54) is 430 Å². The van der Waals surface area contributed by atoms with E-state index in [1.54, 1.807) is 4.70 Å². The van der Waals surface area contributed by atoms with Gasteiger partial charge in [0.15, 0.2) is 0 Å². The van der Waals surface area contributed by atoms with Crippen LogP contribution in [0.15, 0.2) is 47.5 Å². The van der Waals surface area contributed by atoms with Crippen molar-refractivity contribution in [3.8, 4) is 0 Å². The second-order valence-corrected chi connectivity index (χ2v) is 30.6. The first-order chi connectivity index (χ1) is 47.3. The van der Waals surface area contributed by atoms with Crippen molar-refractivity contribution >= 4 is 11.4 Å². The van der Waals surface area contributed by atoms with Gasteiger partial charge in [-0.3, -0.25) is 0 Å². The quantitative estimate of drug-likeness (QED) is 0.0273. The molecule has 0 saturated carbocycles. The van der Waals surface area contributed by atoms with Crippen molar-refractivity contribution < 1.29 is 21.2 Å². The van der Waals surface area contributed by atoms with E-state index < -0.39 is 0 Å². The average Bonchev–Trinajstić information content (AvgIpc) is 1.61. The number of nitrogens with zero attached hydrogens (tertiary/aromatic N) is 2. The SMILES string of the molecule is CCCCCCc1cc(CCCCCC)cc(C2=C(CCCCC)C(CCCCC)=C(c3cc(CCCC)cc(CCCC)c3)[N+]2=[N-])c1.[CH2-]CCCCCCCCCCCCCCCCCCCCCCC.[CH2-]CCCCCCCCCCCCCCCCCCCCCCC.[Ni+2]. The van der Waals surface area contributed by atoms with Gasteiger partial charge in [-0.25, -0.2) is 4.70 Å². The molecule has 0 unspecified atom stereocenters. The van der Waals surface area contributed by atoms with E-state index in [1.807, 2.05) is 0 Å². The van der Waals surface area contributed by atoms with E-state index in [2.05, 4.69) is 106 Å². The smallest absolute Gasteiger partial charge is 0.493 e. The molecule has 0 fully saturated rings. The van der Waals surface area contributed by atoms with Crippen molar-refractivity contribution in [1.82, 2.24) is 0 Å². The minimum absolute atomic E-state index is 0. The summed E-state index contributed by atoms with van der Waals surface area (Å²) in [5, 5.41) is 0. The molecule has 0 aromatic heterocycles. The molecular weight excluding hydrogens is 1220 g/mol. The largest absolute Gasteiger partial charge is 2.00 e. The average molecular weight is 1390 g/mol. The van der Waals surface area contributed by atoms with Gasteiger partial charge in [-0.05, 0) is 124 Å². The maximum atomic E-state index is 12.5. The standard InChI is InChI=1S/C46H72N2.2C24H49.Ni/c1-7-13-19-23-27-39-32-40(28-24-20-14-8-2)36-42(35-39)46-44(30-22-16-10-4)43(29-21-15-9-3)45(48(46)47)41-33-37(25-17-11-5)31-38(34-41)26-18-12-6;2*1-3-5-7-9-11-13-15-17-19-21-23-24-22-20-18-16-14-12-10-8-6-4-2;/h31-36H,7-30H2,1-6H3;2*1,3-24H2,2H3;/q;2*-1;+2. The van der Waals surface area contributed by atoms with E-state index in [4.69, 9.17) is 0 Å². The van der Waals surface area contributed by atoms with E-state index in [-0.39, 0.29) is 16.5 Å². The maximum absolute atomic E-state index is 12.5. The Labute approximate surface area is 621 Å². The summed E-state index contributed by atoms with van der Waals surface area (Å²) in [6.45, 7) is 26.2. The van der Waals surface area contributed by atoms with Gasteiger partial charge in [0.05, 0.1) is 0 Å². The van der Waals surface area contributed by atoms with E-state index in [9.17, 15) is 5.53 Å². The summed E-state index contributed by atoms with van der Waals surface area (Å²) >= 11 is 0. The Morgan fingerprint density at radius 2 is 0.381 bits per heavy atom. The molecule has 0 amide bonds. The first kappa shape index (κ1) is 95.0. The summed E-state index contributed by atoms with van der Waals surface area (Å²) in [5.74, 6) is 0. The number of rotatable bonds is 68. The third-order valence-corrected chi connectivity index (χ3v) is 21.1. The van der Waals surface area contributed by atoms with Crippen LogP contribution in [-0.2, 0) is 42.2 Å². The molecule has 0 bridgehead atoms. The summed E-state index contributed by atoms with van der Waals surface area (Å²) in [6, 6.07) is 14.7. The Kier molecular flexibility index (Phi) is 72.2. The van der Waals surface area contributed by atoms with E-state index in [0.29, 0.717) is 0 Å². The van der Waals surface area contributed by atoms with Gasteiger partial charge in [-0.1, -0.05) is 414 Å². The molecular formula is C94H170N2Ni. The first-order valence-corrected chi connectivity index (χ1v) is 44.1. The summed E-state index contributed by atoms with van der Waals surface area (Å²) < 4.78 is 1.67. The van der Waals surface area contributed by atoms with Crippen molar-refractivity contribution in [3.05, 3.63) is 100 Å². The van der Waals surface area contributed by atoms with Crippen LogP contribution >= 0.6 is 0 Å². The fourth-order valence-corrected chi connectivity index (χ4v) is 14.8. The summed E-state index contributed by atoms with van der Waals surface area (Å²) in [6.07, 6.45) is 92.4. The molecule has 97 heavy (non-hydrogen) atoms. The predicted octanol–water partition coefficient (Wildman–Crippen LogP) is 33.8. The van der Waals surface area contributed by atoms with Crippen molar-refractivity contribution in [2.75, 3.05) is 0 Å². The van der Waals surface area contributed by atoms with Gasteiger partial charge in [0.1, 0.15) is 0 Å². The Balaban J connectivity index is 0.00000158. The Bertz CT molecular complexity index is 1910. The van der Waals surface area contributed by atoms with E-state index in [0.717, 1.165) is 62.8 Å². The molecule has 0 spiro atoms. The Morgan fingerprint density at radius 1 is 0.216 bits per heavy atom. The van der Waals surface area contributed by atoms with Gasteiger partial charge in [0.25, 0.3) is 0 Å². The van der Waals surface area contributed by atoms with Gasteiger partial charge < -0.3 is 19.4 Å². The number of benzene rings is 2. The number of unbranched alkanes of at least 4 members (excludes halogenated alkanes) is 54. The van der Waals surface area contributed by atoms with Crippen molar-refractivity contribution in [2.45, 2.75) is 492 Å². The molecule has 1 aliphatic heterocycles. The summed E-state index contributed by atoms with van der Waals surface area (Å²) in [5.41, 5.74) is 25.7. The summed E-state index contributed by atoms with van der Waals surface area (Å²) in [7, 11) is 0. The molecule has 2 nitrogen and oxygen atoms in total. The Morgan fingerprint density at radius 3 is 0.588 bits per heavy atom. The van der Waals surface area contributed by atoms with Crippen molar-refractivity contribution in [2.24, 2.45) is 0 Å². The molecule has 566 valence electrons. The minimum atomic E-state index is 0. The molecule has 0 saturated heterocycles. The number of hydrogen-bond donors (Lipinski definition) is 0. The number of allylic oxidation sites excluding steroid dienone is 2. The Hall–Kier alpha value is -1.99. The molecule has 0 aliphatic carbocycles. The zero-order valence-electron chi connectivity index (χ0n) is 67.2. The zero-order chi connectivity index (χ0) is 69.7. The van der Waals surface area contributed by atoms with Crippen LogP contribution in [0.1, 0.15) is 500 Å². The molecule has 1 aliphatic rings. The molecule has 0 radical (unpaired) electrons. The molecule has 2 aromatic carbocycles. The van der Waals surface area contributed by atoms with Gasteiger partial charge in [-0.15, -0.1) is 0 Å². The molecule has 3 heteroatoms. The molecule has 3 rings (SSSR count). The van der Waals surface area contributed by atoms with Crippen LogP contribution in [0.25, 0.3) is 16.9 Å². The van der Waals surface area contributed by atoms with Gasteiger partial charge >= 0.3 is 16.5 Å². The fraction of sp³-hybridized carbons (Fsp3) is 0.809. The van der Waals surface area contributed by atoms with Crippen LogP contribution in [0, 0.1) is 13.8 Å². The predicted molar refractivity (Wildman–Crippen MR) is 437 cm³/mol.